The first-order valence-corrected chi connectivity index (χ1v) is 5.82. The molecule has 18 heavy (non-hydrogen) atoms. The van der Waals surface area contributed by atoms with Crippen molar-refractivity contribution in [2.45, 2.75) is 19.4 Å². The predicted octanol–water partition coefficient (Wildman–Crippen LogP) is 0.710. The smallest absolute Gasteiger partial charge is 0.236 e. The molecule has 1 aromatic rings. The van der Waals surface area contributed by atoms with Gasteiger partial charge in [0, 0.05) is 6.54 Å². The molecule has 5 heteroatoms. The molecule has 0 aliphatic heterocycles. The minimum atomic E-state index is -0.476. The van der Waals surface area contributed by atoms with Crippen LogP contribution >= 0.6 is 0 Å². The number of rotatable bonds is 6. The summed E-state index contributed by atoms with van der Waals surface area (Å²) in [5.41, 5.74) is 6.52. The van der Waals surface area contributed by atoms with Crippen LogP contribution in [-0.4, -0.2) is 32.7 Å². The number of amides is 1. The number of carbonyl (C=O) groups is 1. The Hall–Kier alpha value is -1.75. The van der Waals surface area contributed by atoms with E-state index < -0.39 is 6.04 Å². The van der Waals surface area contributed by atoms with Crippen molar-refractivity contribution in [3.05, 3.63) is 23.8 Å². The SMILES string of the molecule is COc1ccc(CCNC(=O)[C@@H](C)N)cc1OC. The largest absolute Gasteiger partial charge is 0.493 e. The molecule has 5 nitrogen and oxygen atoms in total. The Bertz CT molecular complexity index is 405. The maximum absolute atomic E-state index is 11.3. The first kappa shape index (κ1) is 14.3. The Kier molecular flexibility index (Phi) is 5.45. The molecule has 1 rings (SSSR count). The van der Waals surface area contributed by atoms with Crippen LogP contribution in [0.4, 0.5) is 0 Å². The second kappa shape index (κ2) is 6.86. The van der Waals surface area contributed by atoms with Crippen LogP contribution in [-0.2, 0) is 11.2 Å². The lowest BCUT2D eigenvalue weighted by atomic mass is 10.1. The van der Waals surface area contributed by atoms with Gasteiger partial charge in [0.25, 0.3) is 0 Å². The van der Waals surface area contributed by atoms with Gasteiger partial charge in [-0.15, -0.1) is 0 Å². The number of nitrogens with two attached hydrogens (primary N) is 1. The molecule has 0 saturated heterocycles. The average Bonchev–Trinajstić information content (AvgIpc) is 2.38. The van der Waals surface area contributed by atoms with Crippen LogP contribution in [0.1, 0.15) is 12.5 Å². The standard InChI is InChI=1S/C13H20N2O3/c1-9(14)13(16)15-7-6-10-4-5-11(17-2)12(8-10)18-3/h4-5,8-9H,6-7,14H2,1-3H3,(H,15,16)/t9-/m1/s1. The highest BCUT2D eigenvalue weighted by molar-refractivity contribution is 5.80. The Morgan fingerprint density at radius 1 is 1.33 bits per heavy atom. The van der Waals surface area contributed by atoms with Crippen molar-refractivity contribution in [1.29, 1.82) is 0 Å². The maximum atomic E-state index is 11.3. The van der Waals surface area contributed by atoms with Crippen LogP contribution < -0.4 is 20.5 Å². The van der Waals surface area contributed by atoms with E-state index in [-0.39, 0.29) is 5.91 Å². The highest BCUT2D eigenvalue weighted by Crippen LogP contribution is 2.27. The van der Waals surface area contributed by atoms with Crippen molar-refractivity contribution in [3.8, 4) is 11.5 Å². The Morgan fingerprint density at radius 2 is 2.00 bits per heavy atom. The molecule has 0 bridgehead atoms. The predicted molar refractivity (Wildman–Crippen MR) is 69.9 cm³/mol. The number of benzene rings is 1. The van der Waals surface area contributed by atoms with Crippen molar-refractivity contribution >= 4 is 5.91 Å². The third-order valence-corrected chi connectivity index (χ3v) is 2.57. The van der Waals surface area contributed by atoms with Crippen LogP contribution in [0, 0.1) is 0 Å². The lowest BCUT2D eigenvalue weighted by molar-refractivity contribution is -0.121. The molecule has 0 aliphatic carbocycles. The molecule has 0 unspecified atom stereocenters. The van der Waals surface area contributed by atoms with E-state index in [1.165, 1.54) is 0 Å². The summed E-state index contributed by atoms with van der Waals surface area (Å²) < 4.78 is 10.4. The van der Waals surface area contributed by atoms with Gasteiger partial charge in [-0.05, 0) is 31.0 Å². The Morgan fingerprint density at radius 3 is 2.56 bits per heavy atom. The summed E-state index contributed by atoms with van der Waals surface area (Å²) in [6.45, 7) is 2.21. The summed E-state index contributed by atoms with van der Waals surface area (Å²) in [5.74, 6) is 1.24. The minimum absolute atomic E-state index is 0.143. The molecule has 1 amide bonds. The third kappa shape index (κ3) is 3.92. The number of hydrogen-bond acceptors (Lipinski definition) is 4. The van der Waals surface area contributed by atoms with Gasteiger partial charge >= 0.3 is 0 Å². The molecule has 3 N–H and O–H groups in total. The molecule has 0 aromatic heterocycles. The fourth-order valence-electron chi connectivity index (χ4n) is 1.53. The summed E-state index contributed by atoms with van der Waals surface area (Å²) in [6.07, 6.45) is 0.721. The molecular formula is C13H20N2O3. The zero-order valence-electron chi connectivity index (χ0n) is 11.0. The molecule has 100 valence electrons. The molecule has 1 aromatic carbocycles. The Balaban J connectivity index is 2.55. The molecular weight excluding hydrogens is 232 g/mol. The van der Waals surface area contributed by atoms with Crippen LogP contribution in [0.15, 0.2) is 18.2 Å². The van der Waals surface area contributed by atoms with Crippen molar-refractivity contribution in [3.63, 3.8) is 0 Å². The van der Waals surface area contributed by atoms with E-state index in [1.807, 2.05) is 18.2 Å². The quantitative estimate of drug-likeness (QED) is 0.782. The number of methoxy groups -OCH3 is 2. The molecule has 0 aliphatic rings. The van der Waals surface area contributed by atoms with Crippen molar-refractivity contribution in [1.82, 2.24) is 5.32 Å². The van der Waals surface area contributed by atoms with Gasteiger partial charge < -0.3 is 20.5 Å². The van der Waals surface area contributed by atoms with Crippen LogP contribution in [0.2, 0.25) is 0 Å². The summed E-state index contributed by atoms with van der Waals surface area (Å²) in [5, 5.41) is 2.76. The normalized spacial score (nSPS) is 11.8. The first-order chi connectivity index (χ1) is 8.58. The van der Waals surface area contributed by atoms with Crippen molar-refractivity contribution < 1.29 is 14.3 Å². The lowest BCUT2D eigenvalue weighted by Gasteiger charge is -2.10. The van der Waals surface area contributed by atoms with Crippen molar-refractivity contribution in [2.75, 3.05) is 20.8 Å². The van der Waals surface area contributed by atoms with E-state index >= 15 is 0 Å². The summed E-state index contributed by atoms with van der Waals surface area (Å²) in [4.78, 5) is 11.3. The zero-order chi connectivity index (χ0) is 13.5. The zero-order valence-corrected chi connectivity index (χ0v) is 11.0. The fourth-order valence-corrected chi connectivity index (χ4v) is 1.53. The van der Waals surface area contributed by atoms with Gasteiger partial charge in [-0.3, -0.25) is 4.79 Å². The second-order valence-electron chi connectivity index (χ2n) is 4.02. The van der Waals surface area contributed by atoms with Gasteiger partial charge in [0.1, 0.15) is 0 Å². The number of carbonyl (C=O) groups excluding carboxylic acids is 1. The number of nitrogens with one attached hydrogen (secondary N) is 1. The topological polar surface area (TPSA) is 73.6 Å². The van der Waals surface area contributed by atoms with Gasteiger partial charge in [-0.1, -0.05) is 6.07 Å². The molecule has 0 radical (unpaired) electrons. The lowest BCUT2D eigenvalue weighted by Crippen LogP contribution is -2.39. The van der Waals surface area contributed by atoms with E-state index in [1.54, 1.807) is 21.1 Å². The maximum Gasteiger partial charge on any atom is 0.236 e. The molecule has 0 fully saturated rings. The molecule has 0 spiro atoms. The monoisotopic (exact) mass is 252 g/mol. The van der Waals surface area contributed by atoms with Gasteiger partial charge in [0.15, 0.2) is 11.5 Å². The fraction of sp³-hybridized carbons (Fsp3) is 0.462. The molecule has 0 saturated carbocycles. The first-order valence-electron chi connectivity index (χ1n) is 5.82. The van der Waals surface area contributed by atoms with Gasteiger partial charge in [-0.25, -0.2) is 0 Å². The highest BCUT2D eigenvalue weighted by Gasteiger charge is 2.07. The third-order valence-electron chi connectivity index (χ3n) is 2.57. The molecule has 1 atom stereocenters. The average molecular weight is 252 g/mol. The van der Waals surface area contributed by atoms with Gasteiger partial charge in [-0.2, -0.15) is 0 Å². The van der Waals surface area contributed by atoms with Crippen LogP contribution in [0.25, 0.3) is 0 Å². The van der Waals surface area contributed by atoms with E-state index in [0.717, 1.165) is 12.0 Å². The second-order valence-corrected chi connectivity index (χ2v) is 4.02. The number of hydrogen-bond donors (Lipinski definition) is 2. The summed E-state index contributed by atoms with van der Waals surface area (Å²) in [6, 6.07) is 5.22. The van der Waals surface area contributed by atoms with E-state index in [0.29, 0.717) is 18.0 Å². The number of ether oxygens (including phenoxy) is 2. The summed E-state index contributed by atoms with van der Waals surface area (Å²) >= 11 is 0. The summed E-state index contributed by atoms with van der Waals surface area (Å²) in [7, 11) is 3.19. The highest BCUT2D eigenvalue weighted by atomic mass is 16.5. The van der Waals surface area contributed by atoms with E-state index in [9.17, 15) is 4.79 Å². The van der Waals surface area contributed by atoms with Crippen molar-refractivity contribution in [2.24, 2.45) is 5.73 Å². The van der Waals surface area contributed by atoms with Gasteiger partial charge in [0.05, 0.1) is 20.3 Å². The van der Waals surface area contributed by atoms with E-state index in [2.05, 4.69) is 5.32 Å². The van der Waals surface area contributed by atoms with Crippen LogP contribution in [0.3, 0.4) is 0 Å². The minimum Gasteiger partial charge on any atom is -0.493 e. The van der Waals surface area contributed by atoms with Gasteiger partial charge in [0.2, 0.25) is 5.91 Å². The Labute approximate surface area is 107 Å². The molecule has 0 heterocycles. The van der Waals surface area contributed by atoms with E-state index in [4.69, 9.17) is 15.2 Å². The van der Waals surface area contributed by atoms with Crippen LogP contribution in [0.5, 0.6) is 11.5 Å².